The number of nitrogens with zero attached hydrogens (tertiary/aromatic N) is 1. The van der Waals surface area contributed by atoms with Gasteiger partial charge in [0.2, 0.25) is 0 Å². The summed E-state index contributed by atoms with van der Waals surface area (Å²) in [7, 11) is 0. The molecule has 0 saturated carbocycles. The van der Waals surface area contributed by atoms with Crippen molar-refractivity contribution in [1.82, 2.24) is 9.97 Å². The van der Waals surface area contributed by atoms with Gasteiger partial charge in [-0.1, -0.05) is 11.6 Å². The molecule has 0 bridgehead atoms. The molecule has 2 N–H and O–H groups in total. The zero-order valence-electron chi connectivity index (χ0n) is 7.57. The van der Waals surface area contributed by atoms with E-state index in [2.05, 4.69) is 9.97 Å². The molecule has 2 heterocycles. The van der Waals surface area contributed by atoms with Crippen molar-refractivity contribution in [3.8, 4) is 11.1 Å². The molecule has 5 heteroatoms. The van der Waals surface area contributed by atoms with Gasteiger partial charge in [0.15, 0.2) is 0 Å². The summed E-state index contributed by atoms with van der Waals surface area (Å²) >= 11 is 5.73. The van der Waals surface area contributed by atoms with Crippen LogP contribution in [-0.4, -0.2) is 21.0 Å². The van der Waals surface area contributed by atoms with Crippen LogP contribution in [0.25, 0.3) is 11.1 Å². The summed E-state index contributed by atoms with van der Waals surface area (Å²) in [4.78, 5) is 17.1. The molecule has 76 valence electrons. The van der Waals surface area contributed by atoms with Gasteiger partial charge in [0, 0.05) is 18.0 Å². The van der Waals surface area contributed by atoms with Crippen LogP contribution in [0.4, 0.5) is 0 Å². The van der Waals surface area contributed by atoms with Crippen molar-refractivity contribution in [2.45, 2.75) is 0 Å². The minimum atomic E-state index is -0.985. The minimum absolute atomic E-state index is 0.151. The number of hydrogen-bond donors (Lipinski definition) is 2. The number of pyridine rings is 1. The Morgan fingerprint density at radius 2 is 2.20 bits per heavy atom. The lowest BCUT2D eigenvalue weighted by Crippen LogP contribution is -1.94. The standard InChI is InChI=1S/C10H7ClN2O2/c11-9-4-6(1-2-12-9)7-3-8(10(14)15)13-5-7/h1-5,13H,(H,14,15). The molecule has 2 aromatic heterocycles. The first-order valence-corrected chi connectivity index (χ1v) is 4.58. The number of hydrogen-bond acceptors (Lipinski definition) is 2. The van der Waals surface area contributed by atoms with Gasteiger partial charge in [-0.15, -0.1) is 0 Å². The Kier molecular flexibility index (Phi) is 2.43. The van der Waals surface area contributed by atoms with Crippen LogP contribution in [0, 0.1) is 0 Å². The first-order valence-electron chi connectivity index (χ1n) is 4.20. The smallest absolute Gasteiger partial charge is 0.352 e. The Balaban J connectivity index is 2.41. The maximum atomic E-state index is 10.6. The monoisotopic (exact) mass is 222 g/mol. The first-order chi connectivity index (χ1) is 7.16. The van der Waals surface area contributed by atoms with Crippen LogP contribution < -0.4 is 0 Å². The highest BCUT2D eigenvalue weighted by Crippen LogP contribution is 2.21. The van der Waals surface area contributed by atoms with E-state index < -0.39 is 5.97 Å². The molecule has 0 fully saturated rings. The lowest BCUT2D eigenvalue weighted by molar-refractivity contribution is 0.0691. The van der Waals surface area contributed by atoms with Gasteiger partial charge >= 0.3 is 5.97 Å². The maximum Gasteiger partial charge on any atom is 0.352 e. The molecule has 2 rings (SSSR count). The summed E-state index contributed by atoms with van der Waals surface area (Å²) in [5.74, 6) is -0.985. The van der Waals surface area contributed by atoms with E-state index >= 15 is 0 Å². The Morgan fingerprint density at radius 1 is 1.40 bits per heavy atom. The van der Waals surface area contributed by atoms with Crippen molar-refractivity contribution in [2.75, 3.05) is 0 Å². The summed E-state index contributed by atoms with van der Waals surface area (Å²) in [5, 5.41) is 9.11. The molecule has 2 aromatic rings. The zero-order valence-corrected chi connectivity index (χ0v) is 8.32. The molecule has 0 aliphatic heterocycles. The highest BCUT2D eigenvalue weighted by molar-refractivity contribution is 6.29. The Labute approximate surface area is 90.5 Å². The van der Waals surface area contributed by atoms with Gasteiger partial charge in [0.05, 0.1) is 0 Å². The lowest BCUT2D eigenvalue weighted by atomic mass is 10.1. The van der Waals surface area contributed by atoms with Crippen LogP contribution in [-0.2, 0) is 0 Å². The third-order valence-corrected chi connectivity index (χ3v) is 2.18. The third-order valence-electron chi connectivity index (χ3n) is 1.97. The van der Waals surface area contributed by atoms with E-state index in [0.29, 0.717) is 5.15 Å². The predicted molar refractivity (Wildman–Crippen MR) is 56.0 cm³/mol. The second-order valence-electron chi connectivity index (χ2n) is 2.97. The van der Waals surface area contributed by atoms with Crippen molar-refractivity contribution in [3.05, 3.63) is 41.4 Å². The Hall–Kier alpha value is -1.81. The van der Waals surface area contributed by atoms with Crippen LogP contribution in [0.15, 0.2) is 30.6 Å². The number of rotatable bonds is 2. The fourth-order valence-electron chi connectivity index (χ4n) is 1.27. The number of carboxylic acids is 1. The van der Waals surface area contributed by atoms with Gasteiger partial charge in [-0.05, 0) is 23.8 Å². The third kappa shape index (κ3) is 1.99. The molecular weight excluding hydrogens is 216 g/mol. The van der Waals surface area contributed by atoms with E-state index in [0.717, 1.165) is 11.1 Å². The zero-order chi connectivity index (χ0) is 10.8. The molecule has 0 aliphatic carbocycles. The quantitative estimate of drug-likeness (QED) is 0.767. The fourth-order valence-corrected chi connectivity index (χ4v) is 1.44. The number of nitrogens with one attached hydrogen (secondary N) is 1. The number of H-pyrrole nitrogens is 1. The van der Waals surface area contributed by atoms with Crippen molar-refractivity contribution in [1.29, 1.82) is 0 Å². The summed E-state index contributed by atoms with van der Waals surface area (Å²) in [5.41, 5.74) is 1.76. The second kappa shape index (κ2) is 3.74. The number of carbonyl (C=O) groups is 1. The van der Waals surface area contributed by atoms with Gasteiger partial charge in [0.1, 0.15) is 10.8 Å². The van der Waals surface area contributed by atoms with E-state index in [9.17, 15) is 4.79 Å². The number of aromatic carboxylic acids is 1. The molecule has 0 aliphatic rings. The molecule has 0 saturated heterocycles. The summed E-state index contributed by atoms with van der Waals surface area (Å²) < 4.78 is 0. The topological polar surface area (TPSA) is 66.0 Å². The maximum absolute atomic E-state index is 10.6. The molecule has 0 radical (unpaired) electrons. The molecule has 15 heavy (non-hydrogen) atoms. The van der Waals surface area contributed by atoms with Gasteiger partial charge in [0.25, 0.3) is 0 Å². The van der Waals surface area contributed by atoms with Crippen LogP contribution in [0.5, 0.6) is 0 Å². The molecule has 4 nitrogen and oxygen atoms in total. The molecular formula is C10H7ClN2O2. The molecule has 0 amide bonds. The van der Waals surface area contributed by atoms with E-state index in [-0.39, 0.29) is 5.69 Å². The van der Waals surface area contributed by atoms with Gasteiger partial charge < -0.3 is 10.1 Å². The average Bonchev–Trinajstić information content (AvgIpc) is 2.66. The summed E-state index contributed by atoms with van der Waals surface area (Å²) in [6.07, 6.45) is 3.19. The van der Waals surface area contributed by atoms with Gasteiger partial charge in [-0.25, -0.2) is 9.78 Å². The largest absolute Gasteiger partial charge is 0.477 e. The second-order valence-corrected chi connectivity index (χ2v) is 3.36. The molecule has 0 aromatic carbocycles. The van der Waals surface area contributed by atoms with Crippen LogP contribution >= 0.6 is 11.6 Å². The Bertz CT molecular complexity index is 508. The predicted octanol–water partition coefficient (Wildman–Crippen LogP) is 2.43. The number of carboxylic acid groups (broad SMARTS) is 1. The molecule has 0 unspecified atom stereocenters. The van der Waals surface area contributed by atoms with Crippen molar-refractivity contribution < 1.29 is 9.90 Å². The normalized spacial score (nSPS) is 10.2. The average molecular weight is 223 g/mol. The SMILES string of the molecule is O=C(O)c1cc(-c2ccnc(Cl)c2)c[nH]1. The van der Waals surface area contributed by atoms with Crippen LogP contribution in [0.1, 0.15) is 10.5 Å². The van der Waals surface area contributed by atoms with E-state index in [1.807, 2.05) is 0 Å². The van der Waals surface area contributed by atoms with E-state index in [1.54, 1.807) is 30.6 Å². The van der Waals surface area contributed by atoms with Crippen molar-refractivity contribution in [2.24, 2.45) is 0 Å². The van der Waals surface area contributed by atoms with E-state index in [4.69, 9.17) is 16.7 Å². The van der Waals surface area contributed by atoms with Crippen molar-refractivity contribution >= 4 is 17.6 Å². The van der Waals surface area contributed by atoms with Crippen molar-refractivity contribution in [3.63, 3.8) is 0 Å². The van der Waals surface area contributed by atoms with E-state index in [1.165, 1.54) is 0 Å². The van der Waals surface area contributed by atoms with Gasteiger partial charge in [-0.2, -0.15) is 0 Å². The van der Waals surface area contributed by atoms with Crippen LogP contribution in [0.3, 0.4) is 0 Å². The highest BCUT2D eigenvalue weighted by Gasteiger charge is 2.07. The summed E-state index contributed by atoms with van der Waals surface area (Å²) in [6, 6.07) is 4.99. The minimum Gasteiger partial charge on any atom is -0.477 e. The Morgan fingerprint density at radius 3 is 2.80 bits per heavy atom. The summed E-state index contributed by atoms with van der Waals surface area (Å²) in [6.45, 7) is 0. The molecule has 0 atom stereocenters. The van der Waals surface area contributed by atoms with Crippen LogP contribution in [0.2, 0.25) is 5.15 Å². The number of aromatic amines is 1. The fraction of sp³-hybridized carbons (Fsp3) is 0. The van der Waals surface area contributed by atoms with Gasteiger partial charge in [-0.3, -0.25) is 0 Å². The number of aromatic nitrogens is 2. The highest BCUT2D eigenvalue weighted by atomic mass is 35.5. The first kappa shape index (κ1) is 9.73. The molecule has 0 spiro atoms. The lowest BCUT2D eigenvalue weighted by Gasteiger charge is -1.96. The number of halogens is 1.